The van der Waals surface area contributed by atoms with Crippen LogP contribution in [0.1, 0.15) is 31.1 Å². The summed E-state index contributed by atoms with van der Waals surface area (Å²) in [4.78, 5) is 25.3. The van der Waals surface area contributed by atoms with Crippen LogP contribution < -0.4 is 5.32 Å². The number of anilines is 1. The van der Waals surface area contributed by atoms with Crippen molar-refractivity contribution in [3.63, 3.8) is 0 Å². The number of halogens is 4. The number of hydrogen-bond acceptors (Lipinski definition) is 6. The molecule has 37 heavy (non-hydrogen) atoms. The standard InChI is InChI=1S/C23H25F4N3O6S/c1-23(2,3)36-22(33)29-6-7-30(15(11-29)12-31)37(34,35)19-8-13(4-5-16(19)24)21(32)28-14-9-17(25)20(27)18(26)10-14/h4-5,8-10,15,31H,6-7,11-12H2,1-3H3,(H,28,32). The SMILES string of the molecule is CC(C)(C)OC(=O)N1CCN(S(=O)(=O)c2cc(C(=O)Nc3cc(F)c(F)c(F)c3)ccc2F)C(CO)C1. The highest BCUT2D eigenvalue weighted by molar-refractivity contribution is 7.89. The van der Waals surface area contributed by atoms with Crippen LogP contribution in [0, 0.1) is 23.3 Å². The molecule has 0 bridgehead atoms. The molecule has 0 radical (unpaired) electrons. The summed E-state index contributed by atoms with van der Waals surface area (Å²) in [5.74, 6) is -7.09. The first-order valence-electron chi connectivity index (χ1n) is 11.0. The normalized spacial score (nSPS) is 17.0. The smallest absolute Gasteiger partial charge is 0.410 e. The van der Waals surface area contributed by atoms with E-state index in [9.17, 15) is 40.7 Å². The van der Waals surface area contributed by atoms with E-state index in [0.29, 0.717) is 12.1 Å². The van der Waals surface area contributed by atoms with E-state index >= 15 is 0 Å². The number of benzene rings is 2. The van der Waals surface area contributed by atoms with Crippen LogP contribution in [-0.2, 0) is 14.8 Å². The molecular formula is C23H25F4N3O6S. The fourth-order valence-corrected chi connectivity index (χ4v) is 5.29. The van der Waals surface area contributed by atoms with Crippen molar-refractivity contribution in [3.8, 4) is 0 Å². The predicted octanol–water partition coefficient (Wildman–Crippen LogP) is 3.10. The number of sulfonamides is 1. The summed E-state index contributed by atoms with van der Waals surface area (Å²) in [5.41, 5.74) is -1.63. The van der Waals surface area contributed by atoms with Gasteiger partial charge in [0, 0.05) is 43.0 Å². The van der Waals surface area contributed by atoms with Gasteiger partial charge in [-0.15, -0.1) is 0 Å². The number of carbonyl (C=O) groups excluding carboxylic acids is 2. The van der Waals surface area contributed by atoms with E-state index in [1.165, 1.54) is 4.90 Å². The topological polar surface area (TPSA) is 116 Å². The third kappa shape index (κ3) is 6.37. The van der Waals surface area contributed by atoms with Crippen molar-refractivity contribution in [3.05, 3.63) is 59.2 Å². The van der Waals surface area contributed by atoms with E-state index in [2.05, 4.69) is 5.32 Å². The van der Waals surface area contributed by atoms with Gasteiger partial charge in [-0.25, -0.2) is 30.8 Å². The van der Waals surface area contributed by atoms with Crippen LogP contribution in [0.25, 0.3) is 0 Å². The molecule has 0 aliphatic carbocycles. The van der Waals surface area contributed by atoms with E-state index in [1.54, 1.807) is 20.8 Å². The molecule has 0 saturated carbocycles. The maximum absolute atomic E-state index is 14.7. The molecule has 3 rings (SSSR count). The molecule has 2 amide bonds. The van der Waals surface area contributed by atoms with Gasteiger partial charge < -0.3 is 20.1 Å². The number of piperazine rings is 1. The molecule has 2 aromatic rings. The first-order valence-corrected chi connectivity index (χ1v) is 12.4. The lowest BCUT2D eigenvalue weighted by Gasteiger charge is -2.40. The van der Waals surface area contributed by atoms with Crippen LogP contribution >= 0.6 is 0 Å². The van der Waals surface area contributed by atoms with E-state index in [4.69, 9.17) is 4.74 Å². The Kier molecular flexibility index (Phi) is 8.15. The highest BCUT2D eigenvalue weighted by atomic mass is 32.2. The summed E-state index contributed by atoms with van der Waals surface area (Å²) in [7, 11) is -4.62. The van der Waals surface area contributed by atoms with Gasteiger partial charge in [-0.3, -0.25) is 4.79 Å². The zero-order valence-corrected chi connectivity index (χ0v) is 20.9. The highest BCUT2D eigenvalue weighted by Gasteiger charge is 2.39. The second-order valence-corrected chi connectivity index (χ2v) is 11.1. The molecule has 14 heteroatoms. The van der Waals surface area contributed by atoms with E-state index in [1.807, 2.05) is 0 Å². The minimum atomic E-state index is -4.62. The van der Waals surface area contributed by atoms with Crippen LogP contribution in [0.5, 0.6) is 0 Å². The van der Waals surface area contributed by atoms with Crippen LogP contribution in [-0.4, -0.2) is 72.6 Å². The molecule has 1 saturated heterocycles. The summed E-state index contributed by atoms with van der Waals surface area (Å²) in [5, 5.41) is 11.9. The van der Waals surface area contributed by atoms with E-state index in [-0.39, 0.29) is 25.2 Å². The van der Waals surface area contributed by atoms with E-state index in [0.717, 1.165) is 22.5 Å². The number of aliphatic hydroxyl groups excluding tert-OH is 1. The van der Waals surface area contributed by atoms with Gasteiger partial charge in [0.1, 0.15) is 16.3 Å². The number of aliphatic hydroxyl groups is 1. The summed E-state index contributed by atoms with van der Waals surface area (Å²) >= 11 is 0. The molecule has 2 N–H and O–H groups in total. The number of nitrogens with one attached hydrogen (secondary N) is 1. The number of amides is 2. The summed E-state index contributed by atoms with van der Waals surface area (Å²) in [6, 6.07) is 2.31. The molecule has 1 aliphatic rings. The van der Waals surface area contributed by atoms with Crippen molar-refractivity contribution in [2.24, 2.45) is 0 Å². The van der Waals surface area contributed by atoms with E-state index < -0.39 is 74.1 Å². The molecule has 1 aliphatic heterocycles. The maximum Gasteiger partial charge on any atom is 0.410 e. The summed E-state index contributed by atoms with van der Waals surface area (Å²) in [6.45, 7) is 3.65. The lowest BCUT2D eigenvalue weighted by Crippen LogP contribution is -2.58. The zero-order chi connectivity index (χ0) is 27.7. The van der Waals surface area contributed by atoms with Crippen molar-refractivity contribution in [1.82, 2.24) is 9.21 Å². The minimum absolute atomic E-state index is 0.103. The number of ether oxygens (including phenoxy) is 1. The Hall–Kier alpha value is -3.23. The molecule has 9 nitrogen and oxygen atoms in total. The average Bonchev–Trinajstić information content (AvgIpc) is 2.81. The molecule has 0 spiro atoms. The van der Waals surface area contributed by atoms with Crippen molar-refractivity contribution in [1.29, 1.82) is 0 Å². The van der Waals surface area contributed by atoms with Gasteiger partial charge in [0.05, 0.1) is 12.6 Å². The molecule has 2 aromatic carbocycles. The lowest BCUT2D eigenvalue weighted by atomic mass is 10.2. The fraction of sp³-hybridized carbons (Fsp3) is 0.391. The van der Waals surface area contributed by atoms with Crippen molar-refractivity contribution in [2.75, 3.05) is 31.6 Å². The van der Waals surface area contributed by atoms with Gasteiger partial charge in [-0.2, -0.15) is 4.31 Å². The van der Waals surface area contributed by atoms with Crippen LogP contribution in [0.2, 0.25) is 0 Å². The second kappa shape index (κ2) is 10.6. The molecular weight excluding hydrogens is 522 g/mol. The Morgan fingerprint density at radius 3 is 2.24 bits per heavy atom. The zero-order valence-electron chi connectivity index (χ0n) is 20.1. The van der Waals surface area contributed by atoms with Gasteiger partial charge in [0.2, 0.25) is 10.0 Å². The van der Waals surface area contributed by atoms with Crippen LogP contribution in [0.15, 0.2) is 35.2 Å². The van der Waals surface area contributed by atoms with Gasteiger partial charge in [0.15, 0.2) is 17.5 Å². The number of hydrogen-bond donors (Lipinski definition) is 2. The Balaban J connectivity index is 1.85. The average molecular weight is 548 g/mol. The molecule has 1 heterocycles. The van der Waals surface area contributed by atoms with Crippen molar-refractivity contribution in [2.45, 2.75) is 37.3 Å². The van der Waals surface area contributed by atoms with Gasteiger partial charge in [-0.1, -0.05) is 0 Å². The Morgan fingerprint density at radius 1 is 1.05 bits per heavy atom. The maximum atomic E-state index is 14.7. The minimum Gasteiger partial charge on any atom is -0.444 e. The number of nitrogens with zero attached hydrogens (tertiary/aromatic N) is 2. The Morgan fingerprint density at radius 2 is 1.68 bits per heavy atom. The van der Waals surface area contributed by atoms with Crippen molar-refractivity contribution < 1.29 is 45.4 Å². The fourth-order valence-electron chi connectivity index (χ4n) is 3.60. The molecule has 1 atom stereocenters. The first kappa shape index (κ1) is 28.3. The van der Waals surface area contributed by atoms with Crippen molar-refractivity contribution >= 4 is 27.7 Å². The lowest BCUT2D eigenvalue weighted by molar-refractivity contribution is 0.00878. The largest absolute Gasteiger partial charge is 0.444 e. The monoisotopic (exact) mass is 547 g/mol. The predicted molar refractivity (Wildman–Crippen MR) is 123 cm³/mol. The molecule has 1 fully saturated rings. The third-order valence-corrected chi connectivity index (χ3v) is 7.28. The van der Waals surface area contributed by atoms with Gasteiger partial charge >= 0.3 is 6.09 Å². The molecule has 0 aromatic heterocycles. The summed E-state index contributed by atoms with van der Waals surface area (Å²) < 4.78 is 87.4. The van der Waals surface area contributed by atoms with Gasteiger partial charge in [-0.05, 0) is 39.0 Å². The Labute approximate surface area is 210 Å². The quantitative estimate of drug-likeness (QED) is 0.439. The number of rotatable bonds is 5. The highest BCUT2D eigenvalue weighted by Crippen LogP contribution is 2.26. The third-order valence-electron chi connectivity index (χ3n) is 5.31. The second-order valence-electron chi connectivity index (χ2n) is 9.23. The number of carbonyl (C=O) groups is 2. The Bertz CT molecular complexity index is 1290. The van der Waals surface area contributed by atoms with Gasteiger partial charge in [0.25, 0.3) is 5.91 Å². The first-order chi connectivity index (χ1) is 17.1. The molecule has 202 valence electrons. The molecule has 1 unspecified atom stereocenters. The van der Waals surface area contributed by atoms with Crippen LogP contribution in [0.4, 0.5) is 28.0 Å². The van der Waals surface area contributed by atoms with Crippen LogP contribution in [0.3, 0.4) is 0 Å². The summed E-state index contributed by atoms with van der Waals surface area (Å²) in [6.07, 6.45) is -0.707.